The van der Waals surface area contributed by atoms with E-state index in [-0.39, 0.29) is 30.3 Å². The van der Waals surface area contributed by atoms with Gasteiger partial charge in [-0.05, 0) is 0 Å². The number of allylic oxidation sites excluding steroid dienone is 2. The number of primary amides is 1. The molecule has 150 valence electrons. The second-order valence-corrected chi connectivity index (χ2v) is 7.58. The van der Waals surface area contributed by atoms with Gasteiger partial charge in [0.25, 0.3) is 0 Å². The number of nitrogens with two attached hydrogens (primary N) is 1. The van der Waals surface area contributed by atoms with Gasteiger partial charge in [-0.3, -0.25) is 9.59 Å². The lowest BCUT2D eigenvalue weighted by Gasteiger charge is -2.39. The van der Waals surface area contributed by atoms with Crippen LogP contribution in [0.3, 0.4) is 0 Å². The summed E-state index contributed by atoms with van der Waals surface area (Å²) in [4.78, 5) is 41.6. The molecule has 5 aliphatic rings. The van der Waals surface area contributed by atoms with Crippen LogP contribution in [0.1, 0.15) is 0 Å². The number of carbonyl (C=O) groups excluding carboxylic acids is 3. The highest BCUT2D eigenvalue weighted by Crippen LogP contribution is 2.55. The molecular weight excluding hydrogens is 368 g/mol. The monoisotopic (exact) mass is 390 g/mol. The summed E-state index contributed by atoms with van der Waals surface area (Å²) >= 11 is 0. The minimum atomic E-state index is -0.940. The van der Waals surface area contributed by atoms with E-state index in [1.165, 1.54) is 6.08 Å². The van der Waals surface area contributed by atoms with Gasteiger partial charge in [-0.1, -0.05) is 0 Å². The van der Waals surface area contributed by atoms with E-state index in [0.29, 0.717) is 49.8 Å². The van der Waals surface area contributed by atoms with Crippen molar-refractivity contribution in [2.75, 3.05) is 46.6 Å². The lowest BCUT2D eigenvalue weighted by atomic mass is 9.83. The maximum Gasteiger partial charge on any atom is 0.404 e. The SMILES string of the molecule is COC12C(COC(N)=O)C3=C(C(=O)C=C(N4CCOCC4)C3=O)N1CC1NC12. The second kappa shape index (κ2) is 6.03. The standard InChI is InChI=1S/C18H22N4O6/c1-26-18-9(8-28-17(19)25)13-14(22(18)7-10-16(18)20-10)12(23)6-11(15(13)24)21-2-4-27-5-3-21/h6,9-10,16,20H,2-5,7-8H2,1H3,(H2,19,25). The smallest absolute Gasteiger partial charge is 0.404 e. The maximum absolute atomic E-state index is 13.5. The lowest BCUT2D eigenvalue weighted by Crippen LogP contribution is -2.55. The minimum Gasteiger partial charge on any atom is -0.449 e. The number of methoxy groups -OCH3 is 1. The van der Waals surface area contributed by atoms with E-state index >= 15 is 0 Å². The van der Waals surface area contributed by atoms with Crippen LogP contribution in [0.15, 0.2) is 23.0 Å². The van der Waals surface area contributed by atoms with Crippen molar-refractivity contribution in [3.63, 3.8) is 0 Å². The molecule has 4 atom stereocenters. The molecule has 4 unspecified atom stereocenters. The molecule has 4 aliphatic heterocycles. The van der Waals surface area contributed by atoms with Crippen LogP contribution in [-0.4, -0.2) is 91.8 Å². The summed E-state index contributed by atoms with van der Waals surface area (Å²) in [5.41, 5.74) is 5.31. The first-order valence-electron chi connectivity index (χ1n) is 9.37. The van der Waals surface area contributed by atoms with E-state index in [1.54, 1.807) is 7.11 Å². The predicted octanol–water partition coefficient (Wildman–Crippen LogP) is -1.67. The topological polar surface area (TPSA) is 133 Å². The van der Waals surface area contributed by atoms with E-state index in [4.69, 9.17) is 19.9 Å². The van der Waals surface area contributed by atoms with Crippen molar-refractivity contribution in [2.45, 2.75) is 17.8 Å². The minimum absolute atomic E-state index is 0.0444. The molecule has 1 aliphatic carbocycles. The number of piperazine rings is 1. The van der Waals surface area contributed by atoms with Gasteiger partial charge in [-0.15, -0.1) is 0 Å². The first kappa shape index (κ1) is 17.7. The van der Waals surface area contributed by atoms with Crippen LogP contribution in [0, 0.1) is 5.92 Å². The molecule has 0 bridgehead atoms. The van der Waals surface area contributed by atoms with Crippen molar-refractivity contribution >= 4 is 17.7 Å². The van der Waals surface area contributed by atoms with Gasteiger partial charge < -0.3 is 35.1 Å². The van der Waals surface area contributed by atoms with Crippen LogP contribution < -0.4 is 11.1 Å². The fourth-order valence-electron chi connectivity index (χ4n) is 5.15. The number of Topliss-reactive ketones (excluding diaryl/α,β-unsaturated/α-hetero) is 1. The average Bonchev–Trinajstić information content (AvgIpc) is 3.29. The molecule has 0 aromatic rings. The van der Waals surface area contributed by atoms with Crippen LogP contribution in [0.2, 0.25) is 0 Å². The molecule has 28 heavy (non-hydrogen) atoms. The Morgan fingerprint density at radius 1 is 1.39 bits per heavy atom. The highest BCUT2D eigenvalue weighted by Gasteiger charge is 2.72. The van der Waals surface area contributed by atoms with Crippen molar-refractivity contribution in [2.24, 2.45) is 11.7 Å². The Balaban J connectivity index is 1.55. The highest BCUT2D eigenvalue weighted by molar-refractivity contribution is 6.23. The summed E-state index contributed by atoms with van der Waals surface area (Å²) < 4.78 is 16.4. The zero-order valence-electron chi connectivity index (χ0n) is 15.5. The Bertz CT molecular complexity index is 832. The molecule has 5 rings (SSSR count). The molecule has 0 spiro atoms. The number of hydrogen-bond donors (Lipinski definition) is 2. The average molecular weight is 390 g/mol. The summed E-state index contributed by atoms with van der Waals surface area (Å²) in [5.74, 6) is -1.05. The maximum atomic E-state index is 13.5. The molecule has 0 radical (unpaired) electrons. The highest BCUT2D eigenvalue weighted by atomic mass is 16.6. The van der Waals surface area contributed by atoms with Gasteiger partial charge in [0.05, 0.1) is 36.6 Å². The quantitative estimate of drug-likeness (QED) is 0.427. The van der Waals surface area contributed by atoms with Gasteiger partial charge in [-0.2, -0.15) is 0 Å². The van der Waals surface area contributed by atoms with Gasteiger partial charge in [-0.25, -0.2) is 4.79 Å². The number of nitrogens with zero attached hydrogens (tertiary/aromatic N) is 2. The van der Waals surface area contributed by atoms with E-state index in [0.717, 1.165) is 0 Å². The number of carbonyl (C=O) groups is 3. The Morgan fingerprint density at radius 3 is 2.82 bits per heavy atom. The normalized spacial score (nSPS) is 36.2. The van der Waals surface area contributed by atoms with E-state index < -0.39 is 17.7 Å². The molecule has 10 nitrogen and oxygen atoms in total. The summed E-state index contributed by atoms with van der Waals surface area (Å²) in [5, 5.41) is 3.33. The number of ether oxygens (including phenoxy) is 3. The third-order valence-corrected chi connectivity index (χ3v) is 6.36. The first-order valence-corrected chi connectivity index (χ1v) is 9.37. The first-order chi connectivity index (χ1) is 13.5. The Kier molecular flexibility index (Phi) is 3.80. The number of amides is 1. The third-order valence-electron chi connectivity index (χ3n) is 6.36. The summed E-state index contributed by atoms with van der Waals surface area (Å²) in [6.07, 6.45) is 0.491. The number of nitrogens with one attached hydrogen (secondary N) is 1. The van der Waals surface area contributed by atoms with E-state index in [1.807, 2.05) is 9.80 Å². The Labute approximate surface area is 161 Å². The summed E-state index contributed by atoms with van der Waals surface area (Å²) in [7, 11) is 1.55. The van der Waals surface area contributed by atoms with Crippen molar-refractivity contribution in [3.8, 4) is 0 Å². The Morgan fingerprint density at radius 2 is 2.14 bits per heavy atom. The number of ketones is 2. The molecule has 0 saturated carbocycles. The summed E-state index contributed by atoms with van der Waals surface area (Å²) in [6.45, 7) is 2.52. The number of morpholine rings is 1. The fraction of sp³-hybridized carbons (Fsp3) is 0.611. The van der Waals surface area contributed by atoms with Crippen LogP contribution in [0.4, 0.5) is 4.79 Å². The lowest BCUT2D eigenvalue weighted by molar-refractivity contribution is -0.137. The van der Waals surface area contributed by atoms with Crippen LogP contribution >= 0.6 is 0 Å². The summed E-state index contributed by atoms with van der Waals surface area (Å²) in [6, 6.07) is 0.134. The van der Waals surface area contributed by atoms with Gasteiger partial charge in [0.2, 0.25) is 11.6 Å². The largest absolute Gasteiger partial charge is 0.449 e. The zero-order valence-corrected chi connectivity index (χ0v) is 15.5. The van der Waals surface area contributed by atoms with Crippen LogP contribution in [0.25, 0.3) is 0 Å². The van der Waals surface area contributed by atoms with Crippen molar-refractivity contribution in [3.05, 3.63) is 23.0 Å². The number of rotatable bonds is 4. The van der Waals surface area contributed by atoms with Crippen molar-refractivity contribution < 1.29 is 28.6 Å². The molecule has 0 aromatic heterocycles. The molecule has 3 fully saturated rings. The van der Waals surface area contributed by atoms with Gasteiger partial charge in [0, 0.05) is 44.4 Å². The second-order valence-electron chi connectivity index (χ2n) is 7.58. The van der Waals surface area contributed by atoms with Gasteiger partial charge >= 0.3 is 6.09 Å². The molecule has 10 heteroatoms. The van der Waals surface area contributed by atoms with Crippen molar-refractivity contribution in [1.82, 2.24) is 15.1 Å². The fourth-order valence-corrected chi connectivity index (χ4v) is 5.15. The van der Waals surface area contributed by atoms with Gasteiger partial charge in [0.1, 0.15) is 6.61 Å². The van der Waals surface area contributed by atoms with E-state index in [9.17, 15) is 14.4 Å². The van der Waals surface area contributed by atoms with Crippen LogP contribution in [-0.2, 0) is 23.8 Å². The molecular formula is C18H22N4O6. The predicted molar refractivity (Wildman–Crippen MR) is 93.7 cm³/mol. The van der Waals surface area contributed by atoms with Gasteiger partial charge in [0.15, 0.2) is 5.72 Å². The molecule has 4 heterocycles. The number of hydrogen-bond acceptors (Lipinski definition) is 9. The third kappa shape index (κ3) is 2.22. The molecule has 3 saturated heterocycles. The van der Waals surface area contributed by atoms with Crippen LogP contribution in [0.5, 0.6) is 0 Å². The molecule has 3 N–H and O–H groups in total. The zero-order chi connectivity index (χ0) is 19.6. The number of fused-ring (bicyclic) bond motifs is 4. The molecule has 1 amide bonds. The van der Waals surface area contributed by atoms with E-state index in [2.05, 4.69) is 5.32 Å². The Hall–Kier alpha value is -2.43. The van der Waals surface area contributed by atoms with Crippen molar-refractivity contribution in [1.29, 1.82) is 0 Å². The molecule has 0 aromatic carbocycles.